The first-order valence-corrected chi connectivity index (χ1v) is 13.0. The van der Waals surface area contributed by atoms with Gasteiger partial charge in [-0.2, -0.15) is 0 Å². The van der Waals surface area contributed by atoms with Crippen molar-refractivity contribution >= 4 is 22.7 Å². The molecule has 1 atom stereocenters. The highest BCUT2D eigenvalue weighted by Gasteiger charge is 2.31. The second-order valence-electron chi connectivity index (χ2n) is 11.0. The van der Waals surface area contributed by atoms with E-state index in [-0.39, 0.29) is 23.1 Å². The molecule has 0 saturated carbocycles. The number of carbonyl (C=O) groups is 2. The molecule has 0 fully saturated rings. The SMILES string of the molecule is CCCCCCc1ccc2c(c1)c1c(n2C(=O)c2ccc(C(C)(C)C)cc2)CCC(C(=O)NO)C1. The molecule has 0 aliphatic heterocycles. The van der Waals surface area contributed by atoms with E-state index in [1.165, 1.54) is 30.4 Å². The highest BCUT2D eigenvalue weighted by molar-refractivity contribution is 6.04. The van der Waals surface area contributed by atoms with Crippen LogP contribution in [-0.4, -0.2) is 21.6 Å². The fraction of sp³-hybridized carbons (Fsp3) is 0.467. The standard InChI is InChI=1S/C30H38N2O3/c1-5-6-7-8-9-20-10-16-26-24(18-20)25-19-22(28(33)31-35)13-17-27(25)32(26)29(34)21-11-14-23(15-12-21)30(2,3)4/h10-12,14-16,18,22,35H,5-9,13,17,19H2,1-4H3,(H,31,33). The van der Waals surface area contributed by atoms with Gasteiger partial charge in [0.15, 0.2) is 0 Å². The first-order chi connectivity index (χ1) is 16.7. The summed E-state index contributed by atoms with van der Waals surface area (Å²) >= 11 is 0. The van der Waals surface area contributed by atoms with Crippen LogP contribution in [0.4, 0.5) is 0 Å². The minimum absolute atomic E-state index is 0.0245. The van der Waals surface area contributed by atoms with Crippen molar-refractivity contribution in [3.05, 3.63) is 70.4 Å². The molecule has 186 valence electrons. The van der Waals surface area contributed by atoms with Gasteiger partial charge in [0, 0.05) is 22.6 Å². The smallest absolute Gasteiger partial charge is 0.262 e. The van der Waals surface area contributed by atoms with Crippen molar-refractivity contribution in [3.8, 4) is 0 Å². The molecule has 0 spiro atoms. The van der Waals surface area contributed by atoms with Crippen molar-refractivity contribution in [2.75, 3.05) is 0 Å². The average Bonchev–Trinajstić information content (AvgIpc) is 3.18. The van der Waals surface area contributed by atoms with Crippen LogP contribution in [0.5, 0.6) is 0 Å². The number of benzene rings is 2. The van der Waals surface area contributed by atoms with E-state index >= 15 is 0 Å². The van der Waals surface area contributed by atoms with Crippen molar-refractivity contribution in [2.45, 2.75) is 84.5 Å². The summed E-state index contributed by atoms with van der Waals surface area (Å²) in [6.07, 6.45) is 7.60. The van der Waals surface area contributed by atoms with Crippen molar-refractivity contribution in [2.24, 2.45) is 5.92 Å². The summed E-state index contributed by atoms with van der Waals surface area (Å²) in [4.78, 5) is 26.0. The molecule has 1 aliphatic carbocycles. The highest BCUT2D eigenvalue weighted by atomic mass is 16.5. The Balaban J connectivity index is 1.75. The van der Waals surface area contributed by atoms with Crippen LogP contribution in [0.2, 0.25) is 0 Å². The Labute approximate surface area is 208 Å². The maximum atomic E-state index is 13.8. The molecular weight excluding hydrogens is 436 g/mol. The lowest BCUT2D eigenvalue weighted by molar-refractivity contribution is -0.133. The topological polar surface area (TPSA) is 71.3 Å². The molecule has 0 bridgehead atoms. The van der Waals surface area contributed by atoms with Gasteiger partial charge < -0.3 is 0 Å². The molecule has 5 heteroatoms. The van der Waals surface area contributed by atoms with E-state index in [1.54, 1.807) is 0 Å². The van der Waals surface area contributed by atoms with Crippen LogP contribution in [0.3, 0.4) is 0 Å². The number of carbonyl (C=O) groups excluding carboxylic acids is 2. The van der Waals surface area contributed by atoms with Gasteiger partial charge in [0.05, 0.1) is 5.52 Å². The van der Waals surface area contributed by atoms with Gasteiger partial charge in [0.2, 0.25) is 5.91 Å². The summed E-state index contributed by atoms with van der Waals surface area (Å²) in [5, 5.41) is 10.3. The second kappa shape index (κ2) is 10.4. The number of amides is 1. The lowest BCUT2D eigenvalue weighted by Crippen LogP contribution is -2.32. The number of hydrogen-bond acceptors (Lipinski definition) is 3. The van der Waals surface area contributed by atoms with E-state index in [0.717, 1.165) is 35.0 Å². The molecule has 3 aromatic rings. The van der Waals surface area contributed by atoms with Gasteiger partial charge in [-0.05, 0) is 78.5 Å². The fourth-order valence-corrected chi connectivity index (χ4v) is 5.31. The Morgan fingerprint density at radius 2 is 1.80 bits per heavy atom. The third-order valence-electron chi connectivity index (χ3n) is 7.43. The van der Waals surface area contributed by atoms with E-state index < -0.39 is 0 Å². The lowest BCUT2D eigenvalue weighted by Gasteiger charge is -2.22. The minimum Gasteiger partial charge on any atom is -0.289 e. The molecular formula is C30H38N2O3. The monoisotopic (exact) mass is 474 g/mol. The Morgan fingerprint density at radius 3 is 2.46 bits per heavy atom. The van der Waals surface area contributed by atoms with Gasteiger partial charge in [0.25, 0.3) is 5.91 Å². The molecule has 1 unspecified atom stereocenters. The fourth-order valence-electron chi connectivity index (χ4n) is 5.31. The minimum atomic E-state index is -0.351. The summed E-state index contributed by atoms with van der Waals surface area (Å²) < 4.78 is 1.87. The van der Waals surface area contributed by atoms with Crippen molar-refractivity contribution in [3.63, 3.8) is 0 Å². The Bertz CT molecular complexity index is 1220. The van der Waals surface area contributed by atoms with Gasteiger partial charge in [-0.15, -0.1) is 0 Å². The third kappa shape index (κ3) is 5.20. The maximum Gasteiger partial charge on any atom is 0.262 e. The second-order valence-corrected chi connectivity index (χ2v) is 11.0. The number of hydrogen-bond donors (Lipinski definition) is 2. The molecule has 1 aromatic heterocycles. The van der Waals surface area contributed by atoms with Crippen molar-refractivity contribution in [1.29, 1.82) is 0 Å². The van der Waals surface area contributed by atoms with Gasteiger partial charge in [-0.25, -0.2) is 5.48 Å². The van der Waals surface area contributed by atoms with Crippen LogP contribution in [0, 0.1) is 5.92 Å². The molecule has 4 rings (SSSR count). The van der Waals surface area contributed by atoms with Gasteiger partial charge in [-0.3, -0.25) is 19.4 Å². The quantitative estimate of drug-likeness (QED) is 0.238. The number of aryl methyl sites for hydroxylation is 1. The Kier molecular flexibility index (Phi) is 7.46. The van der Waals surface area contributed by atoms with Gasteiger partial charge >= 0.3 is 0 Å². The molecule has 2 aromatic carbocycles. The molecule has 1 heterocycles. The molecule has 2 N–H and O–H groups in total. The van der Waals surface area contributed by atoms with Gasteiger partial charge in [0.1, 0.15) is 0 Å². The Morgan fingerprint density at radius 1 is 1.06 bits per heavy atom. The lowest BCUT2D eigenvalue weighted by atomic mass is 9.85. The van der Waals surface area contributed by atoms with E-state index in [9.17, 15) is 14.8 Å². The number of fused-ring (bicyclic) bond motifs is 3. The zero-order valence-corrected chi connectivity index (χ0v) is 21.5. The van der Waals surface area contributed by atoms with Crippen LogP contribution in [0.15, 0.2) is 42.5 Å². The van der Waals surface area contributed by atoms with E-state index in [0.29, 0.717) is 24.8 Å². The van der Waals surface area contributed by atoms with E-state index in [2.05, 4.69) is 45.9 Å². The normalized spacial score (nSPS) is 15.7. The summed E-state index contributed by atoms with van der Waals surface area (Å²) in [5.74, 6) is -0.672. The average molecular weight is 475 g/mol. The van der Waals surface area contributed by atoms with Crippen LogP contribution in [0.1, 0.15) is 92.5 Å². The Hall–Kier alpha value is -2.92. The molecule has 35 heavy (non-hydrogen) atoms. The molecule has 5 nitrogen and oxygen atoms in total. The number of hydroxylamine groups is 1. The van der Waals surface area contributed by atoms with Crippen LogP contribution in [0.25, 0.3) is 10.9 Å². The molecule has 0 saturated heterocycles. The first kappa shape index (κ1) is 25.2. The number of aromatic nitrogens is 1. The molecule has 0 radical (unpaired) electrons. The zero-order valence-electron chi connectivity index (χ0n) is 21.5. The van der Waals surface area contributed by atoms with Crippen LogP contribution in [-0.2, 0) is 29.5 Å². The number of unbranched alkanes of at least 4 members (excludes halogenated alkanes) is 3. The van der Waals surface area contributed by atoms with Crippen LogP contribution < -0.4 is 5.48 Å². The number of nitrogens with one attached hydrogen (secondary N) is 1. The van der Waals surface area contributed by atoms with Crippen molar-refractivity contribution < 1.29 is 14.8 Å². The molecule has 1 aliphatic rings. The largest absolute Gasteiger partial charge is 0.289 e. The zero-order chi connectivity index (χ0) is 25.2. The third-order valence-corrected chi connectivity index (χ3v) is 7.43. The highest BCUT2D eigenvalue weighted by Crippen LogP contribution is 2.36. The number of nitrogens with zero attached hydrogens (tertiary/aromatic N) is 1. The summed E-state index contributed by atoms with van der Waals surface area (Å²) in [5.41, 5.74) is 7.94. The summed E-state index contributed by atoms with van der Waals surface area (Å²) in [7, 11) is 0. The maximum absolute atomic E-state index is 13.8. The summed E-state index contributed by atoms with van der Waals surface area (Å²) in [6.45, 7) is 8.71. The predicted octanol–water partition coefficient (Wildman–Crippen LogP) is 6.36. The molecule has 1 amide bonds. The van der Waals surface area contributed by atoms with Crippen LogP contribution >= 0.6 is 0 Å². The number of rotatable bonds is 7. The van der Waals surface area contributed by atoms with Gasteiger partial charge in [-0.1, -0.05) is 65.2 Å². The van der Waals surface area contributed by atoms with Crippen molar-refractivity contribution in [1.82, 2.24) is 10.0 Å². The van der Waals surface area contributed by atoms with E-state index in [4.69, 9.17) is 0 Å². The van der Waals surface area contributed by atoms with E-state index in [1.807, 2.05) is 34.3 Å². The summed E-state index contributed by atoms with van der Waals surface area (Å²) in [6, 6.07) is 14.4. The predicted molar refractivity (Wildman–Crippen MR) is 140 cm³/mol. The first-order valence-electron chi connectivity index (χ1n) is 13.0.